The summed E-state index contributed by atoms with van der Waals surface area (Å²) < 4.78 is 0. The molecule has 1 nitrogen and oxygen atoms in total. The normalized spacial score (nSPS) is 12.4. The summed E-state index contributed by atoms with van der Waals surface area (Å²) in [5, 5.41) is 0. The third kappa shape index (κ3) is 6.32. The molecule has 276 valence electrons. The molecule has 10 rings (SSSR count). The average Bonchev–Trinajstić information content (AvgIpc) is 3.53. The van der Waals surface area contributed by atoms with Crippen LogP contribution in [-0.4, -0.2) is 0 Å². The van der Waals surface area contributed by atoms with E-state index in [9.17, 15) is 0 Å². The Bertz CT molecular complexity index is 2870. The SMILES string of the molecule is CC1(C)c2ccccc2-c2ccc(-c3cccc(N(c4ccc(-c5ccc(-c6ccccc6)cc5)cc4)c4cccc(-c5ccccc5)c4)c3-c3ccccc3)cc21. The van der Waals surface area contributed by atoms with E-state index in [1.807, 2.05) is 0 Å². The summed E-state index contributed by atoms with van der Waals surface area (Å²) >= 11 is 0. The van der Waals surface area contributed by atoms with Gasteiger partial charge in [0.1, 0.15) is 0 Å². The van der Waals surface area contributed by atoms with Gasteiger partial charge in [-0.2, -0.15) is 0 Å². The molecule has 1 heteroatoms. The van der Waals surface area contributed by atoms with Gasteiger partial charge in [0.2, 0.25) is 0 Å². The molecule has 0 radical (unpaired) electrons. The van der Waals surface area contributed by atoms with Crippen LogP contribution in [0.1, 0.15) is 25.0 Å². The number of fused-ring (bicyclic) bond motifs is 3. The van der Waals surface area contributed by atoms with Gasteiger partial charge >= 0.3 is 0 Å². The quantitative estimate of drug-likeness (QED) is 0.150. The van der Waals surface area contributed by atoms with Gasteiger partial charge in [-0.1, -0.05) is 202 Å². The molecule has 0 saturated carbocycles. The number of hydrogen-bond acceptors (Lipinski definition) is 1. The van der Waals surface area contributed by atoms with Crippen molar-refractivity contribution in [1.29, 1.82) is 0 Å². The van der Waals surface area contributed by atoms with Crippen molar-refractivity contribution in [2.24, 2.45) is 0 Å². The van der Waals surface area contributed by atoms with E-state index in [0.717, 1.165) is 17.1 Å². The van der Waals surface area contributed by atoms with E-state index in [1.54, 1.807) is 0 Å². The van der Waals surface area contributed by atoms with Crippen molar-refractivity contribution < 1.29 is 0 Å². The topological polar surface area (TPSA) is 3.24 Å². The molecule has 0 aliphatic heterocycles. The van der Waals surface area contributed by atoms with Crippen molar-refractivity contribution >= 4 is 17.1 Å². The smallest absolute Gasteiger partial charge is 0.0546 e. The molecule has 58 heavy (non-hydrogen) atoms. The zero-order valence-corrected chi connectivity index (χ0v) is 32.8. The molecule has 1 aliphatic carbocycles. The molecule has 0 aromatic heterocycles. The summed E-state index contributed by atoms with van der Waals surface area (Å²) in [5.74, 6) is 0. The molecule has 9 aromatic rings. The predicted octanol–water partition coefficient (Wildman–Crippen LogP) is 15.8. The van der Waals surface area contributed by atoms with Gasteiger partial charge in [-0.3, -0.25) is 0 Å². The summed E-state index contributed by atoms with van der Waals surface area (Å²) in [5.41, 5.74) is 20.6. The molecule has 0 spiro atoms. The van der Waals surface area contributed by atoms with Crippen LogP contribution in [0, 0.1) is 0 Å². The number of hydrogen-bond donors (Lipinski definition) is 0. The Morgan fingerprint density at radius 2 is 0.759 bits per heavy atom. The van der Waals surface area contributed by atoms with Gasteiger partial charge in [-0.25, -0.2) is 0 Å². The van der Waals surface area contributed by atoms with Crippen molar-refractivity contribution in [2.45, 2.75) is 19.3 Å². The summed E-state index contributed by atoms with van der Waals surface area (Å²) in [6.45, 7) is 4.72. The molecule has 0 bridgehead atoms. The minimum atomic E-state index is -0.0972. The fourth-order valence-corrected chi connectivity index (χ4v) is 8.92. The summed E-state index contributed by atoms with van der Waals surface area (Å²) in [6, 6.07) is 81.8. The van der Waals surface area contributed by atoms with E-state index in [-0.39, 0.29) is 5.41 Å². The first-order valence-corrected chi connectivity index (χ1v) is 20.2. The standard InChI is InChI=1S/C57H43N/c1-57(2)53-26-13-12-24-51(53)52-37-34-47(39-54(52)57)50-25-15-27-55(56(50)45-20-10-5-11-21-45)58(49-23-14-22-46(38-49)41-18-8-4-9-19-41)48-35-32-44(33-36-48)43-30-28-42(29-31-43)40-16-6-3-7-17-40/h3-39H,1-2H3. The first-order chi connectivity index (χ1) is 28.5. The fraction of sp³-hybridized carbons (Fsp3) is 0.0526. The van der Waals surface area contributed by atoms with E-state index in [4.69, 9.17) is 0 Å². The average molecular weight is 742 g/mol. The lowest BCUT2D eigenvalue weighted by Crippen LogP contribution is -2.15. The zero-order chi connectivity index (χ0) is 39.1. The maximum absolute atomic E-state index is 2.44. The summed E-state index contributed by atoms with van der Waals surface area (Å²) in [7, 11) is 0. The van der Waals surface area contributed by atoms with Gasteiger partial charge in [0.05, 0.1) is 5.69 Å². The fourth-order valence-electron chi connectivity index (χ4n) is 8.92. The first-order valence-electron chi connectivity index (χ1n) is 20.2. The Balaban J connectivity index is 1.13. The molecule has 0 N–H and O–H groups in total. The lowest BCUT2D eigenvalue weighted by atomic mass is 9.81. The molecule has 0 unspecified atom stereocenters. The molecule has 0 heterocycles. The van der Waals surface area contributed by atoms with Crippen LogP contribution < -0.4 is 4.90 Å². The number of anilines is 3. The lowest BCUT2D eigenvalue weighted by Gasteiger charge is -2.30. The highest BCUT2D eigenvalue weighted by molar-refractivity contribution is 5.98. The van der Waals surface area contributed by atoms with Crippen molar-refractivity contribution in [3.05, 3.63) is 236 Å². The second-order valence-corrected chi connectivity index (χ2v) is 15.7. The van der Waals surface area contributed by atoms with Crippen LogP contribution in [0.3, 0.4) is 0 Å². The number of benzene rings is 9. The Labute approximate surface area is 342 Å². The number of rotatable bonds is 8. The zero-order valence-electron chi connectivity index (χ0n) is 32.8. The Kier molecular flexibility index (Phi) is 8.92. The van der Waals surface area contributed by atoms with Crippen LogP contribution >= 0.6 is 0 Å². The van der Waals surface area contributed by atoms with E-state index in [2.05, 4.69) is 243 Å². The monoisotopic (exact) mass is 741 g/mol. The molecular formula is C57H43N. The van der Waals surface area contributed by atoms with Crippen LogP contribution in [0.4, 0.5) is 17.1 Å². The van der Waals surface area contributed by atoms with Gasteiger partial charge in [-0.15, -0.1) is 0 Å². The van der Waals surface area contributed by atoms with E-state index in [1.165, 1.54) is 77.9 Å². The third-order valence-corrected chi connectivity index (χ3v) is 11.9. The van der Waals surface area contributed by atoms with Gasteiger partial charge in [0.15, 0.2) is 0 Å². The van der Waals surface area contributed by atoms with Crippen molar-refractivity contribution in [3.63, 3.8) is 0 Å². The minimum absolute atomic E-state index is 0.0972. The predicted molar refractivity (Wildman–Crippen MR) is 246 cm³/mol. The molecule has 0 saturated heterocycles. The largest absolute Gasteiger partial charge is 0.310 e. The third-order valence-electron chi connectivity index (χ3n) is 11.9. The lowest BCUT2D eigenvalue weighted by molar-refractivity contribution is 0.660. The Morgan fingerprint density at radius 3 is 1.41 bits per heavy atom. The maximum Gasteiger partial charge on any atom is 0.0546 e. The highest BCUT2D eigenvalue weighted by Crippen LogP contribution is 2.51. The highest BCUT2D eigenvalue weighted by atomic mass is 15.1. The van der Waals surface area contributed by atoms with Crippen molar-refractivity contribution in [3.8, 4) is 66.8 Å². The molecule has 0 amide bonds. The summed E-state index contributed by atoms with van der Waals surface area (Å²) in [4.78, 5) is 2.44. The van der Waals surface area contributed by atoms with E-state index < -0.39 is 0 Å². The maximum atomic E-state index is 2.44. The highest BCUT2D eigenvalue weighted by Gasteiger charge is 2.35. The molecule has 0 fully saturated rings. The second kappa shape index (κ2) is 14.7. The van der Waals surface area contributed by atoms with Gasteiger partial charge < -0.3 is 4.90 Å². The van der Waals surface area contributed by atoms with Crippen molar-refractivity contribution in [2.75, 3.05) is 4.90 Å². The Morgan fingerprint density at radius 1 is 0.293 bits per heavy atom. The van der Waals surface area contributed by atoms with Crippen LogP contribution in [-0.2, 0) is 5.41 Å². The Hall–Kier alpha value is -7.22. The van der Waals surface area contributed by atoms with Gasteiger partial charge in [0, 0.05) is 22.4 Å². The van der Waals surface area contributed by atoms with E-state index in [0.29, 0.717) is 0 Å². The molecule has 9 aromatic carbocycles. The number of nitrogens with zero attached hydrogens (tertiary/aromatic N) is 1. The van der Waals surface area contributed by atoms with Gasteiger partial charge in [0.25, 0.3) is 0 Å². The second-order valence-electron chi connectivity index (χ2n) is 15.7. The molecule has 0 atom stereocenters. The van der Waals surface area contributed by atoms with Crippen molar-refractivity contribution in [1.82, 2.24) is 0 Å². The minimum Gasteiger partial charge on any atom is -0.310 e. The summed E-state index contributed by atoms with van der Waals surface area (Å²) in [6.07, 6.45) is 0. The van der Waals surface area contributed by atoms with Crippen LogP contribution in [0.5, 0.6) is 0 Å². The van der Waals surface area contributed by atoms with Gasteiger partial charge in [-0.05, 0) is 109 Å². The van der Waals surface area contributed by atoms with Crippen LogP contribution in [0.15, 0.2) is 224 Å². The molecule has 1 aliphatic rings. The van der Waals surface area contributed by atoms with E-state index >= 15 is 0 Å². The first kappa shape index (κ1) is 35.2. The molecular weight excluding hydrogens is 699 g/mol. The van der Waals surface area contributed by atoms with Crippen LogP contribution in [0.2, 0.25) is 0 Å². The van der Waals surface area contributed by atoms with Crippen LogP contribution in [0.25, 0.3) is 66.8 Å².